The molecule has 0 amide bonds. The van der Waals surface area contributed by atoms with Crippen molar-refractivity contribution in [2.75, 3.05) is 26.0 Å². The summed E-state index contributed by atoms with van der Waals surface area (Å²) >= 11 is 0. The zero-order chi connectivity index (χ0) is 10.3. The van der Waals surface area contributed by atoms with Crippen LogP contribution in [-0.2, 0) is 14.8 Å². The molecule has 0 aliphatic carbocycles. The van der Waals surface area contributed by atoms with Crippen LogP contribution in [0.4, 0.5) is 0 Å². The van der Waals surface area contributed by atoms with Crippen LogP contribution in [0.2, 0.25) is 0 Å². The SMILES string of the molecule is C=CCS(=O)(=O)NCC(O)COC. The summed E-state index contributed by atoms with van der Waals surface area (Å²) in [6, 6.07) is 0. The maximum Gasteiger partial charge on any atom is 0.215 e. The molecule has 6 heteroatoms. The Labute approximate surface area is 78.5 Å². The minimum atomic E-state index is -3.33. The summed E-state index contributed by atoms with van der Waals surface area (Å²) in [5, 5.41) is 9.10. The molecule has 0 saturated carbocycles. The Morgan fingerprint density at radius 1 is 1.69 bits per heavy atom. The maximum atomic E-state index is 11.0. The number of aliphatic hydroxyl groups is 1. The van der Waals surface area contributed by atoms with Crippen molar-refractivity contribution in [3.05, 3.63) is 12.7 Å². The van der Waals surface area contributed by atoms with Gasteiger partial charge in [0.05, 0.1) is 18.5 Å². The van der Waals surface area contributed by atoms with Crippen molar-refractivity contribution < 1.29 is 18.3 Å². The number of ether oxygens (including phenoxy) is 1. The molecule has 0 aliphatic heterocycles. The lowest BCUT2D eigenvalue weighted by molar-refractivity contribution is 0.0679. The molecule has 0 spiro atoms. The van der Waals surface area contributed by atoms with Crippen LogP contribution < -0.4 is 4.72 Å². The number of nitrogens with one attached hydrogen (secondary N) is 1. The second-order valence-electron chi connectivity index (χ2n) is 2.53. The molecule has 0 aliphatic rings. The first-order valence-corrected chi connectivity index (χ1v) is 5.42. The molecule has 13 heavy (non-hydrogen) atoms. The molecule has 0 aromatic carbocycles. The predicted molar refractivity (Wildman–Crippen MR) is 49.9 cm³/mol. The second-order valence-corrected chi connectivity index (χ2v) is 4.38. The van der Waals surface area contributed by atoms with Gasteiger partial charge in [0.25, 0.3) is 0 Å². The van der Waals surface area contributed by atoms with E-state index < -0.39 is 16.1 Å². The van der Waals surface area contributed by atoms with Crippen LogP contribution in [0.15, 0.2) is 12.7 Å². The van der Waals surface area contributed by atoms with E-state index >= 15 is 0 Å². The molecule has 1 atom stereocenters. The minimum Gasteiger partial charge on any atom is -0.389 e. The van der Waals surface area contributed by atoms with Gasteiger partial charge in [-0.05, 0) is 0 Å². The van der Waals surface area contributed by atoms with E-state index in [-0.39, 0.29) is 18.9 Å². The molecule has 1 unspecified atom stereocenters. The van der Waals surface area contributed by atoms with Crippen LogP contribution in [0.3, 0.4) is 0 Å². The summed E-state index contributed by atoms with van der Waals surface area (Å²) in [5.74, 6) is -0.146. The van der Waals surface area contributed by atoms with Crippen molar-refractivity contribution in [1.29, 1.82) is 0 Å². The number of methoxy groups -OCH3 is 1. The van der Waals surface area contributed by atoms with Gasteiger partial charge in [-0.1, -0.05) is 6.08 Å². The lowest BCUT2D eigenvalue weighted by atomic mass is 10.4. The Balaban J connectivity index is 3.80. The maximum absolute atomic E-state index is 11.0. The average Bonchev–Trinajstić information content (AvgIpc) is 2.02. The van der Waals surface area contributed by atoms with Gasteiger partial charge >= 0.3 is 0 Å². The molecule has 0 saturated heterocycles. The van der Waals surface area contributed by atoms with E-state index in [1.165, 1.54) is 13.2 Å². The monoisotopic (exact) mass is 209 g/mol. The Bertz CT molecular complexity index is 237. The molecule has 0 aromatic rings. The van der Waals surface area contributed by atoms with Gasteiger partial charge in [0.1, 0.15) is 0 Å². The first kappa shape index (κ1) is 12.6. The Morgan fingerprint density at radius 2 is 2.31 bits per heavy atom. The van der Waals surface area contributed by atoms with Gasteiger partial charge in [-0.25, -0.2) is 13.1 Å². The number of hydrogen-bond acceptors (Lipinski definition) is 4. The third-order valence-corrected chi connectivity index (χ3v) is 2.52. The number of rotatable bonds is 7. The van der Waals surface area contributed by atoms with Gasteiger partial charge in [0.2, 0.25) is 10.0 Å². The molecule has 0 aromatic heterocycles. The lowest BCUT2D eigenvalue weighted by Crippen LogP contribution is -2.35. The lowest BCUT2D eigenvalue weighted by Gasteiger charge is -2.09. The Hall–Kier alpha value is -0.430. The minimum absolute atomic E-state index is 0.0377. The Morgan fingerprint density at radius 3 is 2.77 bits per heavy atom. The molecular weight excluding hydrogens is 194 g/mol. The second kappa shape index (κ2) is 6.09. The normalized spacial score (nSPS) is 14.0. The predicted octanol–water partition coefficient (Wildman–Crippen LogP) is -0.901. The van der Waals surface area contributed by atoms with Crippen LogP contribution in [0.25, 0.3) is 0 Å². The van der Waals surface area contributed by atoms with Crippen molar-refractivity contribution in [3.8, 4) is 0 Å². The van der Waals surface area contributed by atoms with Crippen molar-refractivity contribution in [2.45, 2.75) is 6.10 Å². The largest absolute Gasteiger partial charge is 0.389 e. The Kier molecular flexibility index (Phi) is 5.89. The van der Waals surface area contributed by atoms with Crippen LogP contribution >= 0.6 is 0 Å². The fraction of sp³-hybridized carbons (Fsp3) is 0.714. The van der Waals surface area contributed by atoms with E-state index in [0.29, 0.717) is 0 Å². The fourth-order valence-corrected chi connectivity index (χ4v) is 1.56. The van der Waals surface area contributed by atoms with Gasteiger partial charge in [0, 0.05) is 13.7 Å². The first-order valence-electron chi connectivity index (χ1n) is 3.77. The summed E-state index contributed by atoms with van der Waals surface area (Å²) in [4.78, 5) is 0. The fourth-order valence-electron chi connectivity index (χ4n) is 0.689. The topological polar surface area (TPSA) is 75.6 Å². The third-order valence-electron chi connectivity index (χ3n) is 1.24. The van der Waals surface area contributed by atoms with Crippen LogP contribution in [0.5, 0.6) is 0 Å². The standard InChI is InChI=1S/C7H15NO4S/c1-3-4-13(10,11)8-5-7(9)6-12-2/h3,7-9H,1,4-6H2,2H3. The summed E-state index contributed by atoms with van der Waals surface area (Å²) < 4.78 is 28.8. The van der Waals surface area contributed by atoms with E-state index in [1.54, 1.807) is 0 Å². The van der Waals surface area contributed by atoms with E-state index in [0.717, 1.165) is 0 Å². The van der Waals surface area contributed by atoms with Crippen molar-refractivity contribution in [1.82, 2.24) is 4.72 Å². The zero-order valence-corrected chi connectivity index (χ0v) is 8.38. The van der Waals surface area contributed by atoms with Gasteiger partial charge in [-0.2, -0.15) is 0 Å². The van der Waals surface area contributed by atoms with Crippen LogP contribution in [0.1, 0.15) is 0 Å². The molecular formula is C7H15NO4S. The smallest absolute Gasteiger partial charge is 0.215 e. The van der Waals surface area contributed by atoms with E-state index in [2.05, 4.69) is 16.0 Å². The third kappa shape index (κ3) is 6.71. The van der Waals surface area contributed by atoms with E-state index in [9.17, 15) is 8.42 Å². The molecule has 5 nitrogen and oxygen atoms in total. The summed E-state index contributed by atoms with van der Waals surface area (Å²) in [6.45, 7) is 3.37. The molecule has 2 N–H and O–H groups in total. The zero-order valence-electron chi connectivity index (χ0n) is 7.56. The molecule has 78 valence electrons. The van der Waals surface area contributed by atoms with Gasteiger partial charge in [-0.15, -0.1) is 6.58 Å². The molecule has 0 heterocycles. The number of sulfonamides is 1. The van der Waals surface area contributed by atoms with Crippen molar-refractivity contribution in [3.63, 3.8) is 0 Å². The van der Waals surface area contributed by atoms with Gasteiger partial charge < -0.3 is 9.84 Å². The average molecular weight is 209 g/mol. The van der Waals surface area contributed by atoms with Crippen molar-refractivity contribution >= 4 is 10.0 Å². The van der Waals surface area contributed by atoms with Gasteiger partial charge in [0.15, 0.2) is 0 Å². The van der Waals surface area contributed by atoms with Crippen LogP contribution in [-0.4, -0.2) is 45.6 Å². The summed E-state index contributed by atoms with van der Waals surface area (Å²) in [6.07, 6.45) is 0.468. The highest BCUT2D eigenvalue weighted by atomic mass is 32.2. The van der Waals surface area contributed by atoms with E-state index in [1.807, 2.05) is 0 Å². The highest BCUT2D eigenvalue weighted by molar-refractivity contribution is 7.89. The quantitative estimate of drug-likeness (QED) is 0.533. The number of aliphatic hydroxyl groups excluding tert-OH is 1. The molecule has 0 fully saturated rings. The summed E-state index contributed by atoms with van der Waals surface area (Å²) in [7, 11) is -1.90. The molecule has 0 radical (unpaired) electrons. The highest BCUT2D eigenvalue weighted by Gasteiger charge is 2.10. The first-order chi connectivity index (χ1) is 6.02. The van der Waals surface area contributed by atoms with Crippen LogP contribution in [0, 0.1) is 0 Å². The molecule has 0 rings (SSSR count). The summed E-state index contributed by atoms with van der Waals surface area (Å²) in [5.41, 5.74) is 0. The van der Waals surface area contributed by atoms with E-state index in [4.69, 9.17) is 5.11 Å². The number of hydrogen-bond donors (Lipinski definition) is 2. The molecule has 0 bridgehead atoms. The highest BCUT2D eigenvalue weighted by Crippen LogP contribution is 1.87. The van der Waals surface area contributed by atoms with Gasteiger partial charge in [-0.3, -0.25) is 0 Å². The van der Waals surface area contributed by atoms with Crippen molar-refractivity contribution in [2.24, 2.45) is 0 Å².